The van der Waals surface area contributed by atoms with E-state index in [1.54, 1.807) is 0 Å². The van der Waals surface area contributed by atoms with E-state index >= 15 is 0 Å². The van der Waals surface area contributed by atoms with Crippen LogP contribution in [0.1, 0.15) is 316 Å². The Bertz CT molecular complexity index is 1280. The molecule has 0 radical (unpaired) electrons. The van der Waals surface area contributed by atoms with Crippen molar-refractivity contribution < 1.29 is 28.6 Å². The minimum Gasteiger partial charge on any atom is -0.462 e. The van der Waals surface area contributed by atoms with Crippen LogP contribution in [0, 0.1) is 0 Å². The first-order valence-electron chi connectivity index (χ1n) is 30.8. The topological polar surface area (TPSA) is 78.9 Å². The van der Waals surface area contributed by atoms with Gasteiger partial charge in [-0.05, 0) is 109 Å². The lowest BCUT2D eigenvalue weighted by Gasteiger charge is -2.18. The van der Waals surface area contributed by atoms with Gasteiger partial charge < -0.3 is 14.2 Å². The predicted molar refractivity (Wildman–Crippen MR) is 307 cm³/mol. The van der Waals surface area contributed by atoms with Crippen molar-refractivity contribution in [2.75, 3.05) is 13.2 Å². The molecule has 0 aliphatic carbocycles. The number of esters is 3. The van der Waals surface area contributed by atoms with Gasteiger partial charge >= 0.3 is 17.9 Å². The molecule has 0 saturated carbocycles. The summed E-state index contributed by atoms with van der Waals surface area (Å²) in [6.45, 7) is 6.61. The van der Waals surface area contributed by atoms with E-state index in [0.717, 1.165) is 83.5 Å². The summed E-state index contributed by atoms with van der Waals surface area (Å²) in [6, 6.07) is 0. The smallest absolute Gasteiger partial charge is 0.306 e. The van der Waals surface area contributed by atoms with Gasteiger partial charge in [-0.1, -0.05) is 248 Å². The van der Waals surface area contributed by atoms with E-state index < -0.39 is 6.10 Å². The fraction of sp³-hybridized carbons (Fsp3) is 0.800. The number of rotatable bonds is 56. The van der Waals surface area contributed by atoms with Crippen LogP contribution in [0.2, 0.25) is 0 Å². The zero-order valence-electron chi connectivity index (χ0n) is 47.2. The largest absolute Gasteiger partial charge is 0.462 e. The van der Waals surface area contributed by atoms with Crippen LogP contribution in [0.5, 0.6) is 0 Å². The molecular weight excluding hydrogens is 877 g/mol. The van der Waals surface area contributed by atoms with Crippen molar-refractivity contribution in [2.24, 2.45) is 0 Å². The van der Waals surface area contributed by atoms with E-state index in [1.807, 2.05) is 0 Å². The van der Waals surface area contributed by atoms with Crippen molar-refractivity contribution in [1.29, 1.82) is 0 Å². The highest BCUT2D eigenvalue weighted by Crippen LogP contribution is 2.16. The molecule has 0 heterocycles. The van der Waals surface area contributed by atoms with Gasteiger partial charge in [0, 0.05) is 19.3 Å². The third kappa shape index (κ3) is 57.9. The summed E-state index contributed by atoms with van der Waals surface area (Å²) >= 11 is 0. The zero-order chi connectivity index (χ0) is 51.4. The van der Waals surface area contributed by atoms with Gasteiger partial charge in [0.25, 0.3) is 0 Å². The van der Waals surface area contributed by atoms with E-state index in [-0.39, 0.29) is 31.1 Å². The molecule has 71 heavy (non-hydrogen) atoms. The third-order valence-electron chi connectivity index (χ3n) is 13.5. The summed E-state index contributed by atoms with van der Waals surface area (Å²) in [5.41, 5.74) is 0. The van der Waals surface area contributed by atoms with E-state index in [2.05, 4.69) is 81.5 Å². The Balaban J connectivity index is 4.39. The van der Waals surface area contributed by atoms with Crippen LogP contribution >= 0.6 is 0 Å². The molecule has 0 aliphatic heterocycles. The molecule has 1 unspecified atom stereocenters. The van der Waals surface area contributed by atoms with Gasteiger partial charge in [0.1, 0.15) is 13.2 Å². The Morgan fingerprint density at radius 1 is 0.282 bits per heavy atom. The van der Waals surface area contributed by atoms with Gasteiger partial charge in [-0.3, -0.25) is 14.4 Å². The molecule has 0 spiro atoms. The molecule has 0 N–H and O–H groups in total. The molecule has 0 aromatic rings. The molecule has 0 fully saturated rings. The standard InChI is InChI=1S/C65H116O6/c1-4-7-10-13-16-19-22-25-28-31-32-35-37-40-43-46-49-52-55-58-64(67)70-61-62(71-65(68)59-56-53-50-47-44-41-38-34-30-27-24-21-18-15-12-9-6-3)60-69-63(66)57-54-51-48-45-42-39-36-33-29-26-23-20-17-14-11-8-5-2/h17-18,20-21,26-27,29-32,62H,4-16,19,22-25,28,33-61H2,1-3H3/b20-17-,21-18-,29-26-,30-27-,32-31-. The molecule has 0 aromatic carbocycles. The maximum Gasteiger partial charge on any atom is 0.306 e. The number of carbonyl (C=O) groups is 3. The summed E-state index contributed by atoms with van der Waals surface area (Å²) in [5.74, 6) is -0.886. The van der Waals surface area contributed by atoms with Gasteiger partial charge in [-0.2, -0.15) is 0 Å². The van der Waals surface area contributed by atoms with Crippen LogP contribution in [0.4, 0.5) is 0 Å². The second-order valence-corrected chi connectivity index (χ2v) is 20.6. The lowest BCUT2D eigenvalue weighted by Crippen LogP contribution is -2.30. The van der Waals surface area contributed by atoms with Crippen LogP contribution < -0.4 is 0 Å². The Labute approximate surface area is 440 Å². The second-order valence-electron chi connectivity index (χ2n) is 20.6. The van der Waals surface area contributed by atoms with Crippen LogP contribution in [0.15, 0.2) is 60.8 Å². The lowest BCUT2D eigenvalue weighted by atomic mass is 10.1. The summed E-state index contributed by atoms with van der Waals surface area (Å²) < 4.78 is 16.9. The monoisotopic (exact) mass is 993 g/mol. The van der Waals surface area contributed by atoms with Crippen LogP contribution in [0.25, 0.3) is 0 Å². The molecule has 6 nitrogen and oxygen atoms in total. The van der Waals surface area contributed by atoms with Crippen molar-refractivity contribution in [3.8, 4) is 0 Å². The van der Waals surface area contributed by atoms with Crippen molar-refractivity contribution >= 4 is 17.9 Å². The van der Waals surface area contributed by atoms with Crippen molar-refractivity contribution in [3.63, 3.8) is 0 Å². The number of ether oxygens (including phenoxy) is 3. The van der Waals surface area contributed by atoms with E-state index in [9.17, 15) is 14.4 Å². The molecule has 0 aliphatic rings. The molecule has 0 bridgehead atoms. The molecule has 0 aromatic heterocycles. The minimum absolute atomic E-state index is 0.0810. The Kier molecular flexibility index (Phi) is 57.2. The molecule has 412 valence electrons. The molecule has 0 saturated heterocycles. The van der Waals surface area contributed by atoms with Gasteiger partial charge in [0.2, 0.25) is 0 Å². The lowest BCUT2D eigenvalue weighted by molar-refractivity contribution is -0.167. The molecule has 0 rings (SSSR count). The predicted octanol–water partition coefficient (Wildman–Crippen LogP) is 20.8. The maximum atomic E-state index is 12.9. The minimum atomic E-state index is -0.784. The van der Waals surface area contributed by atoms with Crippen LogP contribution in [-0.2, 0) is 28.6 Å². The van der Waals surface area contributed by atoms with E-state index in [0.29, 0.717) is 19.3 Å². The maximum absolute atomic E-state index is 12.9. The number of unbranched alkanes of at least 4 members (excludes halogenated alkanes) is 35. The summed E-state index contributed by atoms with van der Waals surface area (Å²) in [7, 11) is 0. The Morgan fingerprint density at radius 2 is 0.507 bits per heavy atom. The highest BCUT2D eigenvalue weighted by Gasteiger charge is 2.19. The average Bonchev–Trinajstić information content (AvgIpc) is 3.37. The van der Waals surface area contributed by atoms with Gasteiger partial charge in [-0.25, -0.2) is 0 Å². The molecule has 0 amide bonds. The SMILES string of the molecule is CCCCC/C=C\C/C=C\CCCCCCCCCC(=O)OCC(COC(=O)CCCCCCCCC/C=C\CCCCCCCCCC)OC(=O)CCCCCCCCC/C=C\C/C=C\CCCCC. The zero-order valence-corrected chi connectivity index (χ0v) is 47.2. The second kappa shape index (κ2) is 59.7. The molecular formula is C65H116O6. The molecule has 1 atom stereocenters. The number of carbonyl (C=O) groups excluding carboxylic acids is 3. The number of allylic oxidation sites excluding steroid dienone is 10. The first-order valence-corrected chi connectivity index (χ1v) is 30.8. The van der Waals surface area contributed by atoms with Crippen molar-refractivity contribution in [2.45, 2.75) is 322 Å². The van der Waals surface area contributed by atoms with Crippen LogP contribution in [0.3, 0.4) is 0 Å². The van der Waals surface area contributed by atoms with E-state index in [1.165, 1.54) is 193 Å². The fourth-order valence-corrected chi connectivity index (χ4v) is 8.79. The summed E-state index contributed by atoms with van der Waals surface area (Å²) in [4.78, 5) is 38.3. The first-order chi connectivity index (χ1) is 35.0. The number of hydrogen-bond acceptors (Lipinski definition) is 6. The molecule has 6 heteroatoms. The van der Waals surface area contributed by atoms with Gasteiger partial charge in [0.15, 0.2) is 6.10 Å². The van der Waals surface area contributed by atoms with Crippen molar-refractivity contribution in [3.05, 3.63) is 60.8 Å². The Morgan fingerprint density at radius 3 is 0.817 bits per heavy atom. The quantitative estimate of drug-likeness (QED) is 0.0261. The highest BCUT2D eigenvalue weighted by atomic mass is 16.6. The fourth-order valence-electron chi connectivity index (χ4n) is 8.79. The summed E-state index contributed by atoms with van der Waals surface area (Å²) in [5, 5.41) is 0. The number of hydrogen-bond donors (Lipinski definition) is 0. The normalized spacial score (nSPS) is 12.4. The first kappa shape index (κ1) is 68.1. The Hall–Kier alpha value is -2.89. The van der Waals surface area contributed by atoms with Gasteiger partial charge in [-0.15, -0.1) is 0 Å². The van der Waals surface area contributed by atoms with Crippen LogP contribution in [-0.4, -0.2) is 37.2 Å². The van der Waals surface area contributed by atoms with Crippen molar-refractivity contribution in [1.82, 2.24) is 0 Å². The highest BCUT2D eigenvalue weighted by molar-refractivity contribution is 5.71. The van der Waals surface area contributed by atoms with E-state index in [4.69, 9.17) is 14.2 Å². The average molecular weight is 994 g/mol. The summed E-state index contributed by atoms with van der Waals surface area (Å²) in [6.07, 6.45) is 74.9. The third-order valence-corrected chi connectivity index (χ3v) is 13.5. The van der Waals surface area contributed by atoms with Gasteiger partial charge in [0.05, 0.1) is 0 Å².